The number of rotatable bonds is 7. The quantitative estimate of drug-likeness (QED) is 0.750. The summed E-state index contributed by atoms with van der Waals surface area (Å²) in [5.74, 6) is 0.503. The van der Waals surface area contributed by atoms with Crippen molar-refractivity contribution in [1.82, 2.24) is 5.32 Å². The minimum atomic E-state index is -0.0519. The van der Waals surface area contributed by atoms with Crippen molar-refractivity contribution in [2.24, 2.45) is 11.7 Å². The molecule has 1 heterocycles. The maximum Gasteiger partial charge on any atom is 0.220 e. The molecule has 0 aliphatic heterocycles. The Kier molecular flexibility index (Phi) is 6.78. The molecule has 1 aliphatic carbocycles. The average Bonchev–Trinajstić information content (AvgIpc) is 2.89. The molecule has 1 saturated carbocycles. The highest BCUT2D eigenvalue weighted by Crippen LogP contribution is 2.26. The van der Waals surface area contributed by atoms with Gasteiger partial charge < -0.3 is 11.1 Å². The maximum atomic E-state index is 12.2. The molecule has 0 bridgehead atoms. The molecule has 2 rings (SSSR count). The van der Waals surface area contributed by atoms with Crippen molar-refractivity contribution < 1.29 is 9.59 Å². The molecule has 1 aliphatic rings. The summed E-state index contributed by atoms with van der Waals surface area (Å²) in [4.78, 5) is 26.6. The van der Waals surface area contributed by atoms with Crippen molar-refractivity contribution in [3.8, 4) is 0 Å². The summed E-state index contributed by atoms with van der Waals surface area (Å²) in [5.41, 5.74) is 6.61. The number of thiophene rings is 1. The SMILES string of the molecule is Cc1cc(C(=O)CCC(=O)NC(CN)C2CCCCC2)c(C)s1. The van der Waals surface area contributed by atoms with E-state index in [4.69, 9.17) is 5.73 Å². The van der Waals surface area contributed by atoms with Gasteiger partial charge in [0.15, 0.2) is 5.78 Å². The first-order valence-corrected chi connectivity index (χ1v) is 9.42. The van der Waals surface area contributed by atoms with E-state index in [-0.39, 0.29) is 30.6 Å². The van der Waals surface area contributed by atoms with E-state index in [1.807, 2.05) is 19.9 Å². The van der Waals surface area contributed by atoms with Gasteiger partial charge in [-0.25, -0.2) is 0 Å². The van der Waals surface area contributed by atoms with Crippen LogP contribution in [0.5, 0.6) is 0 Å². The van der Waals surface area contributed by atoms with E-state index >= 15 is 0 Å². The van der Waals surface area contributed by atoms with Crippen LogP contribution in [0.2, 0.25) is 0 Å². The van der Waals surface area contributed by atoms with Crippen LogP contribution in [0, 0.1) is 19.8 Å². The Morgan fingerprint density at radius 3 is 2.52 bits per heavy atom. The van der Waals surface area contributed by atoms with Crippen molar-refractivity contribution in [3.63, 3.8) is 0 Å². The van der Waals surface area contributed by atoms with Crippen LogP contribution in [-0.4, -0.2) is 24.3 Å². The first-order valence-electron chi connectivity index (χ1n) is 8.61. The summed E-state index contributed by atoms with van der Waals surface area (Å²) in [5, 5.41) is 3.05. The van der Waals surface area contributed by atoms with Gasteiger partial charge in [0.05, 0.1) is 0 Å². The van der Waals surface area contributed by atoms with Crippen LogP contribution in [0.25, 0.3) is 0 Å². The van der Waals surface area contributed by atoms with Crippen molar-refractivity contribution in [2.45, 2.75) is 64.8 Å². The van der Waals surface area contributed by atoms with E-state index in [0.717, 1.165) is 28.2 Å². The number of carbonyl (C=O) groups excluding carboxylic acids is 2. The second-order valence-corrected chi connectivity index (χ2v) is 8.02. The first kappa shape index (κ1) is 18.1. The lowest BCUT2D eigenvalue weighted by atomic mass is 9.84. The molecule has 1 atom stereocenters. The van der Waals surface area contributed by atoms with Gasteiger partial charge in [-0.3, -0.25) is 9.59 Å². The summed E-state index contributed by atoms with van der Waals surface area (Å²) in [6.07, 6.45) is 6.55. The summed E-state index contributed by atoms with van der Waals surface area (Å²) in [7, 11) is 0. The predicted molar refractivity (Wildman–Crippen MR) is 94.9 cm³/mol. The predicted octanol–water partition coefficient (Wildman–Crippen LogP) is 3.35. The minimum absolute atomic E-state index is 0.0519. The number of carbonyl (C=O) groups is 2. The summed E-state index contributed by atoms with van der Waals surface area (Å²) >= 11 is 1.63. The normalized spacial score (nSPS) is 17.0. The molecule has 128 valence electrons. The Labute approximate surface area is 142 Å². The van der Waals surface area contributed by atoms with Gasteiger partial charge in [0, 0.05) is 40.7 Å². The van der Waals surface area contributed by atoms with Crippen molar-refractivity contribution >= 4 is 23.0 Å². The number of hydrogen-bond acceptors (Lipinski definition) is 4. The second-order valence-electron chi connectivity index (χ2n) is 6.56. The van der Waals surface area contributed by atoms with Gasteiger partial charge in [-0.1, -0.05) is 19.3 Å². The Morgan fingerprint density at radius 2 is 1.96 bits per heavy atom. The lowest BCUT2D eigenvalue weighted by Crippen LogP contribution is -2.45. The number of ketones is 1. The van der Waals surface area contributed by atoms with Crippen LogP contribution in [0.4, 0.5) is 0 Å². The van der Waals surface area contributed by atoms with Gasteiger partial charge in [-0.2, -0.15) is 0 Å². The van der Waals surface area contributed by atoms with E-state index in [2.05, 4.69) is 5.32 Å². The average molecular weight is 337 g/mol. The largest absolute Gasteiger partial charge is 0.352 e. The van der Waals surface area contributed by atoms with E-state index in [9.17, 15) is 9.59 Å². The third-order valence-corrected chi connectivity index (χ3v) is 5.71. The fourth-order valence-electron chi connectivity index (χ4n) is 3.45. The fraction of sp³-hybridized carbons (Fsp3) is 0.667. The van der Waals surface area contributed by atoms with Crippen LogP contribution in [0.15, 0.2) is 6.07 Å². The van der Waals surface area contributed by atoms with E-state index in [0.29, 0.717) is 12.5 Å². The van der Waals surface area contributed by atoms with Crippen LogP contribution in [0.1, 0.15) is 65.1 Å². The van der Waals surface area contributed by atoms with Gasteiger partial charge >= 0.3 is 0 Å². The maximum absolute atomic E-state index is 12.2. The van der Waals surface area contributed by atoms with Crippen LogP contribution >= 0.6 is 11.3 Å². The van der Waals surface area contributed by atoms with Crippen molar-refractivity contribution in [2.75, 3.05) is 6.54 Å². The zero-order chi connectivity index (χ0) is 16.8. The van der Waals surface area contributed by atoms with Gasteiger partial charge in [0.1, 0.15) is 0 Å². The lowest BCUT2D eigenvalue weighted by molar-refractivity contribution is -0.122. The summed E-state index contributed by atoms with van der Waals surface area (Å²) in [6.45, 7) is 4.43. The number of hydrogen-bond donors (Lipinski definition) is 2. The topological polar surface area (TPSA) is 72.2 Å². The fourth-order valence-corrected chi connectivity index (χ4v) is 4.40. The van der Waals surface area contributed by atoms with Crippen molar-refractivity contribution in [1.29, 1.82) is 0 Å². The second kappa shape index (κ2) is 8.60. The molecular weight excluding hydrogens is 308 g/mol. The number of Topliss-reactive ketones (excluding diaryl/α,β-unsaturated/α-hetero) is 1. The Balaban J connectivity index is 1.81. The van der Waals surface area contributed by atoms with Crippen LogP contribution < -0.4 is 11.1 Å². The number of amides is 1. The number of nitrogens with one attached hydrogen (secondary N) is 1. The monoisotopic (exact) mass is 336 g/mol. The zero-order valence-corrected chi connectivity index (χ0v) is 15.0. The molecule has 0 aromatic carbocycles. The van der Waals surface area contributed by atoms with Gasteiger partial charge in [-0.05, 0) is 38.7 Å². The molecule has 1 fully saturated rings. The highest BCUT2D eigenvalue weighted by Gasteiger charge is 2.24. The Bertz CT molecular complexity index is 547. The molecule has 1 amide bonds. The molecule has 3 N–H and O–H groups in total. The molecule has 0 spiro atoms. The minimum Gasteiger partial charge on any atom is -0.352 e. The van der Waals surface area contributed by atoms with E-state index in [1.54, 1.807) is 11.3 Å². The molecule has 5 heteroatoms. The third kappa shape index (κ3) is 5.15. The molecule has 23 heavy (non-hydrogen) atoms. The molecular formula is C18H28N2O2S. The van der Waals surface area contributed by atoms with E-state index in [1.165, 1.54) is 19.3 Å². The highest BCUT2D eigenvalue weighted by molar-refractivity contribution is 7.12. The van der Waals surface area contributed by atoms with Gasteiger partial charge in [0.2, 0.25) is 5.91 Å². The van der Waals surface area contributed by atoms with Gasteiger partial charge in [-0.15, -0.1) is 11.3 Å². The van der Waals surface area contributed by atoms with E-state index < -0.39 is 0 Å². The summed E-state index contributed by atoms with van der Waals surface area (Å²) < 4.78 is 0. The molecule has 1 aromatic rings. The lowest BCUT2D eigenvalue weighted by Gasteiger charge is -2.30. The number of nitrogens with two attached hydrogens (primary N) is 1. The molecule has 0 radical (unpaired) electrons. The highest BCUT2D eigenvalue weighted by atomic mass is 32.1. The third-order valence-electron chi connectivity index (χ3n) is 4.74. The molecule has 0 saturated heterocycles. The molecule has 4 nitrogen and oxygen atoms in total. The standard InChI is InChI=1S/C18H28N2O2S/c1-12-10-15(13(2)23-12)17(21)8-9-18(22)20-16(11-19)14-6-4-3-5-7-14/h10,14,16H,3-9,11,19H2,1-2H3,(H,20,22). The van der Waals surface area contributed by atoms with Crippen LogP contribution in [-0.2, 0) is 4.79 Å². The summed E-state index contributed by atoms with van der Waals surface area (Å²) in [6, 6.07) is 1.98. The smallest absolute Gasteiger partial charge is 0.220 e. The Morgan fingerprint density at radius 1 is 1.26 bits per heavy atom. The Hall–Kier alpha value is -1.20. The first-order chi connectivity index (χ1) is 11.0. The zero-order valence-electron chi connectivity index (χ0n) is 14.2. The van der Waals surface area contributed by atoms with Crippen LogP contribution in [0.3, 0.4) is 0 Å². The van der Waals surface area contributed by atoms with Gasteiger partial charge in [0.25, 0.3) is 0 Å². The number of aryl methyl sites for hydroxylation is 2. The molecule has 1 unspecified atom stereocenters. The van der Waals surface area contributed by atoms with Crippen molar-refractivity contribution in [3.05, 3.63) is 21.4 Å². The molecule has 1 aromatic heterocycles.